The molecule has 0 radical (unpaired) electrons. The maximum atomic E-state index is 11.6. The molecule has 108 valence electrons. The maximum Gasteiger partial charge on any atom is 0.293 e. The molecule has 0 unspecified atom stereocenters. The zero-order chi connectivity index (χ0) is 14.7. The minimum Gasteiger partial charge on any atom is -0.366 e. The summed E-state index contributed by atoms with van der Waals surface area (Å²) in [6.45, 7) is 1.31. The summed E-state index contributed by atoms with van der Waals surface area (Å²) in [7, 11) is 1.63. The number of rotatable bonds is 3. The van der Waals surface area contributed by atoms with E-state index >= 15 is 0 Å². The van der Waals surface area contributed by atoms with E-state index in [2.05, 4.69) is 21.2 Å². The number of nitrogens with zero attached hydrogens (tertiary/aromatic N) is 2. The molecule has 1 aromatic carbocycles. The number of halogens is 1. The van der Waals surface area contributed by atoms with Gasteiger partial charge in [-0.15, -0.1) is 0 Å². The Kier molecular flexibility index (Phi) is 4.59. The van der Waals surface area contributed by atoms with Crippen LogP contribution in [0.25, 0.3) is 0 Å². The number of carbonyl (C=O) groups excluding carboxylic acids is 1. The first-order chi connectivity index (χ1) is 9.52. The van der Waals surface area contributed by atoms with Gasteiger partial charge in [-0.3, -0.25) is 14.9 Å². The number of hydrogen-bond donors (Lipinski definition) is 1. The van der Waals surface area contributed by atoms with Crippen LogP contribution in [0.15, 0.2) is 22.7 Å². The van der Waals surface area contributed by atoms with Crippen LogP contribution in [0.5, 0.6) is 0 Å². The second kappa shape index (κ2) is 6.21. The predicted octanol–water partition coefficient (Wildman–Crippen LogP) is 2.32. The average Bonchev–Trinajstić information content (AvgIpc) is 2.46. The number of amides is 1. The number of piperidine rings is 1. The van der Waals surface area contributed by atoms with E-state index < -0.39 is 0 Å². The highest BCUT2D eigenvalue weighted by Crippen LogP contribution is 2.33. The Morgan fingerprint density at radius 2 is 2.10 bits per heavy atom. The molecule has 1 heterocycles. The van der Waals surface area contributed by atoms with Crippen molar-refractivity contribution in [3.05, 3.63) is 32.8 Å². The summed E-state index contributed by atoms with van der Waals surface area (Å²) in [6, 6.07) is 5.07. The number of nitro benzene ring substituents is 1. The molecule has 0 spiro atoms. The van der Waals surface area contributed by atoms with Crippen molar-refractivity contribution >= 4 is 33.2 Å². The number of nitro groups is 1. The predicted molar refractivity (Wildman–Crippen MR) is 79.8 cm³/mol. The van der Waals surface area contributed by atoms with Crippen LogP contribution in [0.2, 0.25) is 0 Å². The normalized spacial score (nSPS) is 16.0. The van der Waals surface area contributed by atoms with Crippen molar-refractivity contribution in [2.45, 2.75) is 12.8 Å². The third kappa shape index (κ3) is 3.09. The molecule has 1 aliphatic rings. The SMILES string of the molecule is CNC(=O)C1CCN(c2ccc(Br)cc2[N+](=O)[O-])CC1. The van der Waals surface area contributed by atoms with Gasteiger partial charge in [0.15, 0.2) is 0 Å². The van der Waals surface area contributed by atoms with E-state index in [0.29, 0.717) is 36.1 Å². The van der Waals surface area contributed by atoms with E-state index in [-0.39, 0.29) is 22.4 Å². The zero-order valence-corrected chi connectivity index (χ0v) is 12.7. The van der Waals surface area contributed by atoms with E-state index in [4.69, 9.17) is 0 Å². The third-order valence-electron chi connectivity index (χ3n) is 3.59. The molecule has 20 heavy (non-hydrogen) atoms. The van der Waals surface area contributed by atoms with Gasteiger partial charge in [-0.2, -0.15) is 0 Å². The highest BCUT2D eigenvalue weighted by Gasteiger charge is 2.27. The average molecular weight is 342 g/mol. The van der Waals surface area contributed by atoms with Crippen molar-refractivity contribution in [3.63, 3.8) is 0 Å². The summed E-state index contributed by atoms with van der Waals surface area (Å²) in [5, 5.41) is 13.8. The number of hydrogen-bond acceptors (Lipinski definition) is 4. The Bertz CT molecular complexity index is 528. The molecular weight excluding hydrogens is 326 g/mol. The van der Waals surface area contributed by atoms with Crippen LogP contribution >= 0.6 is 15.9 Å². The van der Waals surface area contributed by atoms with E-state index in [1.165, 1.54) is 6.07 Å². The molecule has 1 saturated heterocycles. The molecular formula is C13H16BrN3O3. The fourth-order valence-electron chi connectivity index (χ4n) is 2.50. The smallest absolute Gasteiger partial charge is 0.293 e. The summed E-state index contributed by atoms with van der Waals surface area (Å²) >= 11 is 3.25. The number of nitrogens with one attached hydrogen (secondary N) is 1. The minimum atomic E-state index is -0.370. The molecule has 0 bridgehead atoms. The van der Waals surface area contributed by atoms with Gasteiger partial charge < -0.3 is 10.2 Å². The van der Waals surface area contributed by atoms with E-state index in [9.17, 15) is 14.9 Å². The summed E-state index contributed by atoms with van der Waals surface area (Å²) in [5.41, 5.74) is 0.714. The van der Waals surface area contributed by atoms with Gasteiger partial charge in [0.05, 0.1) is 4.92 Å². The molecule has 7 heteroatoms. The number of carbonyl (C=O) groups is 1. The summed E-state index contributed by atoms with van der Waals surface area (Å²) in [6.07, 6.45) is 1.43. The number of benzene rings is 1. The largest absolute Gasteiger partial charge is 0.366 e. The first kappa shape index (κ1) is 14.8. The van der Waals surface area contributed by atoms with Gasteiger partial charge in [0, 0.05) is 36.6 Å². The Hall–Kier alpha value is -1.63. The van der Waals surface area contributed by atoms with Crippen molar-refractivity contribution in [2.75, 3.05) is 25.0 Å². The van der Waals surface area contributed by atoms with E-state index in [1.807, 2.05) is 4.90 Å². The van der Waals surface area contributed by atoms with Gasteiger partial charge in [0.2, 0.25) is 5.91 Å². The lowest BCUT2D eigenvalue weighted by molar-refractivity contribution is -0.384. The molecule has 0 aromatic heterocycles. The summed E-state index contributed by atoms with van der Waals surface area (Å²) in [5.74, 6) is 0.0562. The highest BCUT2D eigenvalue weighted by molar-refractivity contribution is 9.10. The van der Waals surface area contributed by atoms with Crippen LogP contribution < -0.4 is 10.2 Å². The molecule has 6 nitrogen and oxygen atoms in total. The Balaban J connectivity index is 2.15. The second-order valence-corrected chi connectivity index (χ2v) is 5.68. The fraction of sp³-hybridized carbons (Fsp3) is 0.462. The van der Waals surface area contributed by atoms with Crippen molar-refractivity contribution in [2.24, 2.45) is 5.92 Å². The van der Waals surface area contributed by atoms with Crippen molar-refractivity contribution < 1.29 is 9.72 Å². The fourth-order valence-corrected chi connectivity index (χ4v) is 2.85. The molecule has 0 atom stereocenters. The Morgan fingerprint density at radius 3 is 2.65 bits per heavy atom. The molecule has 2 rings (SSSR count). The molecule has 1 aromatic rings. The van der Waals surface area contributed by atoms with Gasteiger partial charge in [0.25, 0.3) is 5.69 Å². The van der Waals surface area contributed by atoms with Crippen molar-refractivity contribution in [1.82, 2.24) is 5.32 Å². The standard InChI is InChI=1S/C13H16BrN3O3/c1-15-13(18)9-4-6-16(7-5-9)11-3-2-10(14)8-12(11)17(19)20/h2-3,8-9H,4-7H2,1H3,(H,15,18). The van der Waals surface area contributed by atoms with Crippen LogP contribution in [-0.2, 0) is 4.79 Å². The third-order valence-corrected chi connectivity index (χ3v) is 4.08. The molecule has 1 amide bonds. The van der Waals surface area contributed by atoms with Crippen LogP contribution in [0.1, 0.15) is 12.8 Å². The van der Waals surface area contributed by atoms with Crippen LogP contribution in [0, 0.1) is 16.0 Å². The van der Waals surface area contributed by atoms with Crippen LogP contribution in [-0.4, -0.2) is 31.0 Å². The Labute approximate surface area is 125 Å². The van der Waals surface area contributed by atoms with Gasteiger partial charge in [-0.25, -0.2) is 0 Å². The summed E-state index contributed by atoms with van der Waals surface area (Å²) < 4.78 is 0.688. The topological polar surface area (TPSA) is 75.5 Å². The minimum absolute atomic E-state index is 0.00533. The quantitative estimate of drug-likeness (QED) is 0.676. The Morgan fingerprint density at radius 1 is 1.45 bits per heavy atom. The molecule has 1 N–H and O–H groups in total. The summed E-state index contributed by atoms with van der Waals surface area (Å²) in [4.78, 5) is 24.3. The van der Waals surface area contributed by atoms with Crippen molar-refractivity contribution in [3.8, 4) is 0 Å². The molecule has 1 aliphatic heterocycles. The van der Waals surface area contributed by atoms with Crippen molar-refractivity contribution in [1.29, 1.82) is 0 Å². The first-order valence-corrected chi connectivity index (χ1v) is 7.22. The van der Waals surface area contributed by atoms with Gasteiger partial charge in [-0.1, -0.05) is 15.9 Å². The zero-order valence-electron chi connectivity index (χ0n) is 11.1. The number of anilines is 1. The lowest BCUT2D eigenvalue weighted by Gasteiger charge is -2.32. The lowest BCUT2D eigenvalue weighted by Crippen LogP contribution is -2.39. The van der Waals surface area contributed by atoms with Crippen LogP contribution in [0.3, 0.4) is 0 Å². The highest BCUT2D eigenvalue weighted by atomic mass is 79.9. The van der Waals surface area contributed by atoms with Gasteiger partial charge in [-0.05, 0) is 25.0 Å². The monoisotopic (exact) mass is 341 g/mol. The van der Waals surface area contributed by atoms with E-state index in [0.717, 1.165) is 0 Å². The van der Waals surface area contributed by atoms with E-state index in [1.54, 1.807) is 19.2 Å². The second-order valence-electron chi connectivity index (χ2n) is 4.77. The molecule has 1 fully saturated rings. The first-order valence-electron chi connectivity index (χ1n) is 6.43. The molecule has 0 saturated carbocycles. The van der Waals surface area contributed by atoms with Gasteiger partial charge in [0.1, 0.15) is 5.69 Å². The van der Waals surface area contributed by atoms with Gasteiger partial charge >= 0.3 is 0 Å². The maximum absolute atomic E-state index is 11.6. The van der Waals surface area contributed by atoms with Crippen LogP contribution in [0.4, 0.5) is 11.4 Å². The molecule has 0 aliphatic carbocycles. The lowest BCUT2D eigenvalue weighted by atomic mass is 9.95.